The van der Waals surface area contributed by atoms with Crippen molar-refractivity contribution in [3.8, 4) is 0 Å². The second-order valence-corrected chi connectivity index (χ2v) is 19.4. The highest BCUT2D eigenvalue weighted by Crippen LogP contribution is 2.35. The molecule has 0 spiro atoms. The first-order valence-electron chi connectivity index (χ1n) is 20.9. The number of hydrazine groups is 1. The normalized spacial score (nSPS) is 16.4. The SMILES string of the molecule is CCCCN(Cc1ccc(Cl)c(Cl)c1)C(=O)C1=C(Cl)C(C)NN1c1ccc(C(=O)NS(=O)(=O)c2ccc3cccc(Cl)c3c2)c(C(=O)N2Cc3ccccc3CC2CN(C)CCO)c1. The molecule has 5 aromatic rings. The van der Waals surface area contributed by atoms with Crippen LogP contribution in [0.5, 0.6) is 0 Å². The van der Waals surface area contributed by atoms with Gasteiger partial charge in [-0.1, -0.05) is 108 Å². The summed E-state index contributed by atoms with van der Waals surface area (Å²) in [5.41, 5.74) is 6.10. The fraction of sp³-hybridized carbons (Fsp3) is 0.298. The van der Waals surface area contributed by atoms with Crippen molar-refractivity contribution >= 4 is 90.6 Å². The van der Waals surface area contributed by atoms with Gasteiger partial charge in [-0.25, -0.2) is 18.6 Å². The molecule has 2 aliphatic heterocycles. The van der Waals surface area contributed by atoms with Gasteiger partial charge in [0, 0.05) is 49.2 Å². The third-order valence-corrected chi connectivity index (χ3v) is 14.4. The Bertz CT molecular complexity index is 2750. The van der Waals surface area contributed by atoms with Crippen LogP contribution in [0, 0.1) is 0 Å². The number of nitrogens with zero attached hydrogens (tertiary/aromatic N) is 4. The lowest BCUT2D eigenvalue weighted by Crippen LogP contribution is -2.50. The zero-order chi connectivity index (χ0) is 45.9. The third-order valence-electron chi connectivity index (χ3n) is 11.5. The number of aliphatic hydroxyl groups excluding tert-OH is 1. The smallest absolute Gasteiger partial charge is 0.273 e. The summed E-state index contributed by atoms with van der Waals surface area (Å²) in [6, 6.07) is 26.0. The summed E-state index contributed by atoms with van der Waals surface area (Å²) in [5, 5.41) is 13.8. The molecule has 17 heteroatoms. The first-order chi connectivity index (χ1) is 30.6. The van der Waals surface area contributed by atoms with Crippen LogP contribution >= 0.6 is 46.4 Å². The van der Waals surface area contributed by atoms with Gasteiger partial charge in [0.25, 0.3) is 27.7 Å². The largest absolute Gasteiger partial charge is 0.395 e. The van der Waals surface area contributed by atoms with Crippen LogP contribution in [-0.4, -0.2) is 91.3 Å². The van der Waals surface area contributed by atoms with E-state index in [2.05, 4.69) is 10.1 Å². The molecule has 2 unspecified atom stereocenters. The highest BCUT2D eigenvalue weighted by molar-refractivity contribution is 7.90. The van der Waals surface area contributed by atoms with Gasteiger partial charge in [-0.3, -0.25) is 19.4 Å². The number of benzene rings is 5. The summed E-state index contributed by atoms with van der Waals surface area (Å²) >= 11 is 25.9. The van der Waals surface area contributed by atoms with Crippen LogP contribution in [0.1, 0.15) is 64.1 Å². The fourth-order valence-corrected chi connectivity index (χ4v) is 9.83. The lowest BCUT2D eigenvalue weighted by atomic mass is 9.92. The van der Waals surface area contributed by atoms with Crippen LogP contribution in [0.15, 0.2) is 113 Å². The minimum Gasteiger partial charge on any atom is -0.395 e. The fourth-order valence-electron chi connectivity index (χ4n) is 8.07. The number of carbonyl (C=O) groups excluding carboxylic acids is 3. The number of aliphatic hydroxyl groups is 1. The number of unbranched alkanes of at least 4 members (excludes halogenated alkanes) is 1. The number of likely N-dealkylation sites (N-methyl/N-ethyl adjacent to an activating group) is 1. The van der Waals surface area contributed by atoms with Crippen molar-refractivity contribution in [1.29, 1.82) is 0 Å². The molecule has 12 nitrogen and oxygen atoms in total. The predicted octanol–water partition coefficient (Wildman–Crippen LogP) is 8.40. The number of carbonyl (C=O) groups is 3. The van der Waals surface area contributed by atoms with Gasteiger partial charge < -0.3 is 19.8 Å². The van der Waals surface area contributed by atoms with Gasteiger partial charge in [0.15, 0.2) is 0 Å². The maximum absolute atomic E-state index is 15.2. The standard InChI is InChI=1S/C47H48Cl4N6O6S/c1-4-5-19-55(26-30-13-18-41(49)42(50)22-30)47(61)44-43(51)29(2)52-57(44)34-15-17-37(45(59)53-64(62,63)36-16-14-31-11-8-12-40(48)38(31)25-36)39(24-34)46(60)56-27-33-10-7-6-9-32(33)23-35(56)28-54(3)20-21-58/h6-18,22,24-25,29,35,52,58H,4-5,19-21,23,26-28H2,1-3H3,(H,53,59). The number of hydrogen-bond donors (Lipinski definition) is 3. The molecule has 7 rings (SSSR count). The van der Waals surface area contributed by atoms with E-state index in [-0.39, 0.29) is 46.4 Å². The molecule has 2 aliphatic rings. The number of fused-ring (bicyclic) bond motifs is 2. The van der Waals surface area contributed by atoms with Crippen LogP contribution in [0.25, 0.3) is 10.8 Å². The van der Waals surface area contributed by atoms with Gasteiger partial charge in [-0.05, 0) is 97.4 Å². The van der Waals surface area contributed by atoms with Gasteiger partial charge in [-0.2, -0.15) is 0 Å². The van der Waals surface area contributed by atoms with Gasteiger partial charge >= 0.3 is 0 Å². The highest BCUT2D eigenvalue weighted by atomic mass is 35.5. The van der Waals surface area contributed by atoms with Crippen LogP contribution < -0.4 is 15.2 Å². The number of amides is 3. The maximum atomic E-state index is 15.2. The van der Waals surface area contributed by atoms with Crippen LogP contribution in [0.3, 0.4) is 0 Å². The molecule has 3 N–H and O–H groups in total. The lowest BCUT2D eigenvalue weighted by Gasteiger charge is -2.39. The second-order valence-electron chi connectivity index (χ2n) is 16.0. The maximum Gasteiger partial charge on any atom is 0.273 e. The van der Waals surface area contributed by atoms with Gasteiger partial charge in [-0.15, -0.1) is 0 Å². The van der Waals surface area contributed by atoms with E-state index in [4.69, 9.17) is 46.4 Å². The summed E-state index contributed by atoms with van der Waals surface area (Å²) in [5.74, 6) is -1.98. The van der Waals surface area contributed by atoms with Gasteiger partial charge in [0.2, 0.25) is 0 Å². The van der Waals surface area contributed by atoms with E-state index in [0.29, 0.717) is 64.0 Å². The number of nitrogens with one attached hydrogen (secondary N) is 2. The summed E-state index contributed by atoms with van der Waals surface area (Å²) in [7, 11) is -2.64. The Kier molecular flexibility index (Phi) is 14.9. The van der Waals surface area contributed by atoms with Crippen molar-refractivity contribution in [2.75, 3.05) is 38.3 Å². The van der Waals surface area contributed by atoms with Crippen LogP contribution in [0.2, 0.25) is 15.1 Å². The summed E-state index contributed by atoms with van der Waals surface area (Å²) in [6.07, 6.45) is 2.01. The Hall–Kier alpha value is -4.70. The zero-order valence-corrected chi connectivity index (χ0v) is 39.3. The first kappa shape index (κ1) is 47.3. The Morgan fingerprint density at radius 1 is 0.859 bits per heavy atom. The zero-order valence-electron chi connectivity index (χ0n) is 35.5. The minimum atomic E-state index is -4.49. The number of anilines is 1. The quantitative estimate of drug-likeness (QED) is 0.0944. The van der Waals surface area contributed by atoms with Crippen molar-refractivity contribution in [1.82, 2.24) is 24.8 Å². The summed E-state index contributed by atoms with van der Waals surface area (Å²) < 4.78 is 30.0. The molecule has 0 saturated carbocycles. The monoisotopic (exact) mass is 964 g/mol. The summed E-state index contributed by atoms with van der Waals surface area (Å²) in [4.78, 5) is 49.4. The molecule has 0 saturated heterocycles. The lowest BCUT2D eigenvalue weighted by molar-refractivity contribution is -0.127. The van der Waals surface area contributed by atoms with Crippen molar-refractivity contribution in [3.05, 3.63) is 151 Å². The topological polar surface area (TPSA) is 143 Å². The highest BCUT2D eigenvalue weighted by Gasteiger charge is 2.38. The van der Waals surface area contributed by atoms with Gasteiger partial charge in [0.05, 0.1) is 49.4 Å². The molecule has 3 amide bonds. The number of sulfonamides is 1. The van der Waals surface area contributed by atoms with E-state index < -0.39 is 39.8 Å². The molecule has 0 radical (unpaired) electrons. The van der Waals surface area contributed by atoms with Crippen molar-refractivity contribution in [2.45, 2.75) is 63.2 Å². The van der Waals surface area contributed by atoms with Crippen LogP contribution in [-0.2, 0) is 34.3 Å². The second kappa shape index (κ2) is 20.2. The molecule has 2 heterocycles. The average molecular weight is 967 g/mol. The number of hydrogen-bond acceptors (Lipinski definition) is 9. The Labute approximate surface area is 393 Å². The van der Waals surface area contributed by atoms with Crippen molar-refractivity contribution in [2.24, 2.45) is 0 Å². The Balaban J connectivity index is 1.30. The van der Waals surface area contributed by atoms with E-state index in [1.165, 1.54) is 35.3 Å². The predicted molar refractivity (Wildman–Crippen MR) is 253 cm³/mol. The van der Waals surface area contributed by atoms with E-state index in [1.807, 2.05) is 43.1 Å². The molecule has 64 heavy (non-hydrogen) atoms. The molecule has 0 bridgehead atoms. The first-order valence-corrected chi connectivity index (χ1v) is 23.9. The molecular formula is C47H48Cl4N6O6S. The minimum absolute atomic E-state index is 0.0836. The molecule has 2 atom stereocenters. The molecule has 336 valence electrons. The van der Waals surface area contributed by atoms with Crippen molar-refractivity contribution < 1.29 is 27.9 Å². The van der Waals surface area contributed by atoms with Gasteiger partial charge in [0.1, 0.15) is 5.70 Å². The molecule has 0 fully saturated rings. The Morgan fingerprint density at radius 3 is 2.36 bits per heavy atom. The molecular weight excluding hydrogens is 918 g/mol. The third kappa shape index (κ3) is 10.2. The molecule has 5 aromatic carbocycles. The average Bonchev–Trinajstić information content (AvgIpc) is 3.58. The van der Waals surface area contributed by atoms with E-state index in [1.54, 1.807) is 59.2 Å². The van der Waals surface area contributed by atoms with E-state index in [9.17, 15) is 23.1 Å². The molecule has 0 aliphatic carbocycles. The van der Waals surface area contributed by atoms with E-state index >= 15 is 4.79 Å². The van der Waals surface area contributed by atoms with Crippen molar-refractivity contribution in [3.63, 3.8) is 0 Å². The Morgan fingerprint density at radius 2 is 1.62 bits per heavy atom. The van der Waals surface area contributed by atoms with Crippen LogP contribution in [0.4, 0.5) is 5.69 Å². The molecule has 0 aromatic heterocycles. The number of rotatable bonds is 15. The summed E-state index contributed by atoms with van der Waals surface area (Å²) in [6.45, 7) is 5.30. The number of halogens is 4. The van der Waals surface area contributed by atoms with E-state index in [0.717, 1.165) is 23.1 Å².